The highest BCUT2D eigenvalue weighted by Gasteiger charge is 2.22. The lowest BCUT2D eigenvalue weighted by molar-refractivity contribution is 0.360. The Morgan fingerprint density at radius 3 is 2.64 bits per heavy atom. The lowest BCUT2D eigenvalue weighted by Gasteiger charge is -2.29. The molecule has 1 aliphatic carbocycles. The van der Waals surface area contributed by atoms with E-state index in [9.17, 15) is 0 Å². The van der Waals surface area contributed by atoms with Gasteiger partial charge in [0.2, 0.25) is 0 Å². The van der Waals surface area contributed by atoms with Gasteiger partial charge >= 0.3 is 0 Å². The van der Waals surface area contributed by atoms with Gasteiger partial charge in [-0.15, -0.1) is 0 Å². The van der Waals surface area contributed by atoms with E-state index >= 15 is 0 Å². The first-order valence-corrected chi connectivity index (χ1v) is 4.98. The third-order valence-electron chi connectivity index (χ3n) is 2.62. The third-order valence-corrected chi connectivity index (χ3v) is 3.15. The highest BCUT2D eigenvalue weighted by Crippen LogP contribution is 2.32. The van der Waals surface area contributed by atoms with Crippen molar-refractivity contribution in [1.82, 2.24) is 0 Å². The van der Waals surface area contributed by atoms with Gasteiger partial charge in [0.1, 0.15) is 0 Å². The monoisotopic (exact) mass is 170 g/mol. The van der Waals surface area contributed by atoms with Crippen LogP contribution >= 0.6 is 12.6 Å². The Morgan fingerprint density at radius 2 is 2.18 bits per heavy atom. The van der Waals surface area contributed by atoms with Crippen LogP contribution in [0.25, 0.3) is 0 Å². The Hall–Kier alpha value is 0.0900. The normalized spacial score (nSPS) is 32.3. The summed E-state index contributed by atoms with van der Waals surface area (Å²) in [5.74, 6) is 1.57. The summed E-state index contributed by atoms with van der Waals surface area (Å²) in [4.78, 5) is 0. The first kappa shape index (κ1) is 9.18. The first-order valence-electron chi connectivity index (χ1n) is 4.46. The fourth-order valence-electron chi connectivity index (χ4n) is 1.79. The van der Waals surface area contributed by atoms with Crippen molar-refractivity contribution >= 4 is 12.6 Å². The van der Waals surface area contributed by atoms with Gasteiger partial charge in [-0.25, -0.2) is 0 Å². The van der Waals surface area contributed by atoms with Crippen LogP contribution in [0.5, 0.6) is 0 Å². The molecule has 0 saturated heterocycles. The third kappa shape index (κ3) is 2.26. The van der Waals surface area contributed by atoms with E-state index < -0.39 is 0 Å². The van der Waals surface area contributed by atoms with Crippen LogP contribution < -0.4 is 0 Å². The second-order valence-electron chi connectivity index (χ2n) is 3.95. The largest absolute Gasteiger partial charge is 0.171 e. The summed E-state index contributed by atoms with van der Waals surface area (Å²) in [7, 11) is 0. The highest BCUT2D eigenvalue weighted by molar-refractivity contribution is 7.81. The van der Waals surface area contributed by atoms with Crippen molar-refractivity contribution in [1.29, 1.82) is 0 Å². The minimum absolute atomic E-state index is 0.503. The van der Waals surface area contributed by atoms with Crippen LogP contribution in [0.15, 0.2) is 11.6 Å². The van der Waals surface area contributed by atoms with Gasteiger partial charge in [-0.1, -0.05) is 25.5 Å². The van der Waals surface area contributed by atoms with Crippen LogP contribution in [0.2, 0.25) is 0 Å². The number of allylic oxidation sites excluding steroid dienone is 1. The molecule has 0 N–H and O–H groups in total. The number of thiol groups is 1. The zero-order valence-electron chi connectivity index (χ0n) is 7.67. The average Bonchev–Trinajstić information content (AvgIpc) is 1.85. The molecule has 0 unspecified atom stereocenters. The van der Waals surface area contributed by atoms with Crippen molar-refractivity contribution in [2.75, 3.05) is 0 Å². The maximum absolute atomic E-state index is 4.58. The van der Waals surface area contributed by atoms with Crippen LogP contribution in [0.3, 0.4) is 0 Å². The van der Waals surface area contributed by atoms with Gasteiger partial charge in [0.25, 0.3) is 0 Å². The summed E-state index contributed by atoms with van der Waals surface area (Å²) in [5.41, 5.74) is 1.52. The Kier molecular flexibility index (Phi) is 3.06. The molecule has 0 nitrogen and oxygen atoms in total. The molecular weight excluding hydrogens is 152 g/mol. The molecule has 0 amide bonds. The van der Waals surface area contributed by atoms with Crippen LogP contribution in [0.4, 0.5) is 0 Å². The average molecular weight is 170 g/mol. The maximum atomic E-state index is 4.58. The molecule has 0 heterocycles. The molecule has 1 rings (SSSR count). The van der Waals surface area contributed by atoms with Crippen molar-refractivity contribution in [2.24, 2.45) is 11.8 Å². The molecule has 0 spiro atoms. The van der Waals surface area contributed by atoms with Gasteiger partial charge in [-0.2, -0.15) is 12.6 Å². The predicted molar refractivity (Wildman–Crippen MR) is 54.1 cm³/mol. The molecule has 0 aliphatic heterocycles. The van der Waals surface area contributed by atoms with E-state index in [0.29, 0.717) is 5.25 Å². The zero-order chi connectivity index (χ0) is 8.43. The molecule has 0 fully saturated rings. The van der Waals surface area contributed by atoms with E-state index in [1.165, 1.54) is 18.4 Å². The van der Waals surface area contributed by atoms with Crippen molar-refractivity contribution in [3.63, 3.8) is 0 Å². The Morgan fingerprint density at radius 1 is 1.55 bits per heavy atom. The van der Waals surface area contributed by atoms with E-state index in [0.717, 1.165) is 11.8 Å². The summed E-state index contributed by atoms with van der Waals surface area (Å²) in [6.07, 6.45) is 4.92. The Bertz CT molecular complexity index is 158. The van der Waals surface area contributed by atoms with Gasteiger partial charge in [0.15, 0.2) is 0 Å². The van der Waals surface area contributed by atoms with Crippen molar-refractivity contribution < 1.29 is 0 Å². The molecule has 0 saturated carbocycles. The van der Waals surface area contributed by atoms with E-state index in [-0.39, 0.29) is 0 Å². The van der Waals surface area contributed by atoms with Crippen LogP contribution in [-0.4, -0.2) is 5.25 Å². The fraction of sp³-hybridized carbons (Fsp3) is 0.800. The molecule has 0 radical (unpaired) electrons. The van der Waals surface area contributed by atoms with Gasteiger partial charge in [0, 0.05) is 5.25 Å². The molecule has 0 aromatic heterocycles. The molecule has 0 bridgehead atoms. The van der Waals surface area contributed by atoms with E-state index in [1.54, 1.807) is 0 Å². The quantitative estimate of drug-likeness (QED) is 0.453. The van der Waals surface area contributed by atoms with Crippen molar-refractivity contribution in [3.05, 3.63) is 11.6 Å². The fourth-order valence-corrected chi connectivity index (χ4v) is 2.54. The first-order chi connectivity index (χ1) is 5.11. The summed E-state index contributed by atoms with van der Waals surface area (Å²) < 4.78 is 0. The van der Waals surface area contributed by atoms with E-state index in [1.807, 2.05) is 0 Å². The van der Waals surface area contributed by atoms with E-state index in [2.05, 4.69) is 39.5 Å². The summed E-state index contributed by atoms with van der Waals surface area (Å²) in [5, 5.41) is 0.503. The van der Waals surface area contributed by atoms with Crippen LogP contribution in [0, 0.1) is 11.8 Å². The van der Waals surface area contributed by atoms with E-state index in [4.69, 9.17) is 0 Å². The number of hydrogen-bond donors (Lipinski definition) is 1. The molecule has 0 aromatic rings. The van der Waals surface area contributed by atoms with Gasteiger partial charge in [-0.3, -0.25) is 0 Å². The number of hydrogen-bond acceptors (Lipinski definition) is 1. The Labute approximate surface area is 75.5 Å². The van der Waals surface area contributed by atoms with Gasteiger partial charge in [0.05, 0.1) is 0 Å². The molecule has 1 aliphatic rings. The maximum Gasteiger partial charge on any atom is 0.0230 e. The molecular formula is C10H18S. The Balaban J connectivity index is 2.60. The zero-order valence-corrected chi connectivity index (χ0v) is 8.57. The second kappa shape index (κ2) is 3.66. The van der Waals surface area contributed by atoms with Crippen LogP contribution in [0.1, 0.15) is 33.6 Å². The molecule has 1 heteroatoms. The number of rotatable bonds is 1. The van der Waals surface area contributed by atoms with Gasteiger partial charge in [-0.05, 0) is 31.6 Å². The lowest BCUT2D eigenvalue weighted by Crippen LogP contribution is -2.22. The minimum Gasteiger partial charge on any atom is -0.171 e. The lowest BCUT2D eigenvalue weighted by atomic mass is 9.82. The smallest absolute Gasteiger partial charge is 0.0230 e. The minimum atomic E-state index is 0.503. The molecule has 0 aromatic carbocycles. The summed E-state index contributed by atoms with van der Waals surface area (Å²) in [6.45, 7) is 6.80. The molecule has 64 valence electrons. The molecule has 11 heavy (non-hydrogen) atoms. The standard InChI is InChI=1S/C10H18S/c1-7(2)9-5-4-8(3)6-10(9)11/h6-7,9-11H,4-5H2,1-3H3/t9-,10+/m1/s1. The SMILES string of the molecule is CC1=C[C@H](S)[C@@H](C(C)C)CC1. The highest BCUT2D eigenvalue weighted by atomic mass is 32.1. The topological polar surface area (TPSA) is 0 Å². The van der Waals surface area contributed by atoms with Crippen LogP contribution in [-0.2, 0) is 0 Å². The summed E-state index contributed by atoms with van der Waals surface area (Å²) >= 11 is 4.58. The second-order valence-corrected chi connectivity index (χ2v) is 4.55. The van der Waals surface area contributed by atoms with Gasteiger partial charge < -0.3 is 0 Å². The van der Waals surface area contributed by atoms with Crippen molar-refractivity contribution in [2.45, 2.75) is 38.9 Å². The predicted octanol–water partition coefficient (Wildman–Crippen LogP) is 3.30. The van der Waals surface area contributed by atoms with Crippen molar-refractivity contribution in [3.8, 4) is 0 Å². The summed E-state index contributed by atoms with van der Waals surface area (Å²) in [6, 6.07) is 0. The molecule has 2 atom stereocenters.